The number of halogens is 3. The molecule has 1 saturated heterocycles. The van der Waals surface area contributed by atoms with Crippen LogP contribution in [0.25, 0.3) is 0 Å². The number of hydrogen-bond acceptors (Lipinski definition) is 2. The Bertz CT molecular complexity index is 414. The molecule has 1 fully saturated rings. The van der Waals surface area contributed by atoms with Crippen LogP contribution in [0.5, 0.6) is 0 Å². The summed E-state index contributed by atoms with van der Waals surface area (Å²) in [5.41, 5.74) is 6.60. The van der Waals surface area contributed by atoms with Gasteiger partial charge in [-0.05, 0) is 43.0 Å². The molecule has 0 spiro atoms. The molecule has 2 N–H and O–H groups in total. The SMILES string of the molecule is CC1CCN(Cc2ccc(F)c(F)c2)C(CN)C1.Cl. The summed E-state index contributed by atoms with van der Waals surface area (Å²) in [4.78, 5) is 2.27. The lowest BCUT2D eigenvalue weighted by Crippen LogP contribution is -2.45. The van der Waals surface area contributed by atoms with Crippen LogP contribution in [0.1, 0.15) is 25.3 Å². The third-order valence-electron chi connectivity index (χ3n) is 3.74. The molecule has 0 aliphatic carbocycles. The van der Waals surface area contributed by atoms with Crippen LogP contribution in [-0.4, -0.2) is 24.0 Å². The fraction of sp³-hybridized carbons (Fsp3) is 0.571. The fourth-order valence-corrected chi connectivity index (χ4v) is 2.63. The van der Waals surface area contributed by atoms with Gasteiger partial charge in [-0.25, -0.2) is 8.78 Å². The van der Waals surface area contributed by atoms with Crippen molar-refractivity contribution >= 4 is 12.4 Å². The minimum Gasteiger partial charge on any atom is -0.329 e. The second-order valence-electron chi connectivity index (χ2n) is 5.24. The summed E-state index contributed by atoms with van der Waals surface area (Å²) in [6, 6.07) is 4.46. The molecule has 0 amide bonds. The standard InChI is InChI=1S/C14H20F2N2.ClH/c1-10-4-5-18(12(6-10)8-17)9-11-2-3-13(15)14(16)7-11;/h2-3,7,10,12H,4-6,8-9,17H2,1H3;1H. The molecule has 1 aromatic rings. The van der Waals surface area contributed by atoms with Crippen LogP contribution in [0.15, 0.2) is 18.2 Å². The average Bonchev–Trinajstić information content (AvgIpc) is 2.36. The van der Waals surface area contributed by atoms with Crippen LogP contribution >= 0.6 is 12.4 Å². The number of nitrogens with zero attached hydrogens (tertiary/aromatic N) is 1. The molecule has 0 bridgehead atoms. The van der Waals surface area contributed by atoms with Crippen molar-refractivity contribution in [2.45, 2.75) is 32.4 Å². The minimum atomic E-state index is -0.790. The Balaban J connectivity index is 0.00000180. The molecule has 1 heterocycles. The molecule has 0 radical (unpaired) electrons. The number of nitrogens with two attached hydrogens (primary N) is 1. The highest BCUT2D eigenvalue weighted by molar-refractivity contribution is 5.85. The predicted octanol–water partition coefficient (Wildman–Crippen LogP) is 2.95. The monoisotopic (exact) mass is 290 g/mol. The second kappa shape index (κ2) is 7.17. The zero-order valence-electron chi connectivity index (χ0n) is 11.1. The fourth-order valence-electron chi connectivity index (χ4n) is 2.63. The maximum atomic E-state index is 13.2. The summed E-state index contributed by atoms with van der Waals surface area (Å²) in [6.45, 7) is 4.47. The van der Waals surface area contributed by atoms with Crippen molar-refractivity contribution < 1.29 is 8.78 Å². The second-order valence-corrected chi connectivity index (χ2v) is 5.24. The quantitative estimate of drug-likeness (QED) is 0.927. The Morgan fingerprint density at radius 1 is 1.32 bits per heavy atom. The Labute approximate surface area is 119 Å². The molecule has 0 aromatic heterocycles. The lowest BCUT2D eigenvalue weighted by atomic mass is 9.92. The van der Waals surface area contributed by atoms with E-state index in [2.05, 4.69) is 11.8 Å². The highest BCUT2D eigenvalue weighted by Crippen LogP contribution is 2.24. The average molecular weight is 291 g/mol. The van der Waals surface area contributed by atoms with Gasteiger partial charge in [-0.1, -0.05) is 13.0 Å². The smallest absolute Gasteiger partial charge is 0.159 e. The lowest BCUT2D eigenvalue weighted by molar-refractivity contribution is 0.115. The first-order valence-corrected chi connectivity index (χ1v) is 6.48. The third kappa shape index (κ3) is 4.13. The van der Waals surface area contributed by atoms with Crippen molar-refractivity contribution in [2.24, 2.45) is 11.7 Å². The molecule has 1 aliphatic rings. The molecule has 1 aromatic carbocycles. The maximum Gasteiger partial charge on any atom is 0.159 e. The molecule has 2 nitrogen and oxygen atoms in total. The first-order chi connectivity index (χ1) is 8.60. The summed E-state index contributed by atoms with van der Waals surface area (Å²) in [5.74, 6) is -0.872. The largest absolute Gasteiger partial charge is 0.329 e. The van der Waals surface area contributed by atoms with E-state index in [-0.39, 0.29) is 12.4 Å². The molecule has 19 heavy (non-hydrogen) atoms. The van der Waals surface area contributed by atoms with E-state index in [1.165, 1.54) is 12.1 Å². The Morgan fingerprint density at radius 2 is 2.05 bits per heavy atom. The highest BCUT2D eigenvalue weighted by Gasteiger charge is 2.25. The van der Waals surface area contributed by atoms with Crippen molar-refractivity contribution in [3.63, 3.8) is 0 Å². The predicted molar refractivity (Wildman–Crippen MR) is 75.3 cm³/mol. The number of benzene rings is 1. The van der Waals surface area contributed by atoms with Crippen molar-refractivity contribution in [1.82, 2.24) is 4.90 Å². The molecule has 2 atom stereocenters. The van der Waals surface area contributed by atoms with E-state index in [0.717, 1.165) is 24.9 Å². The van der Waals surface area contributed by atoms with Gasteiger partial charge in [0.05, 0.1) is 0 Å². The van der Waals surface area contributed by atoms with Crippen LogP contribution in [-0.2, 0) is 6.54 Å². The van der Waals surface area contributed by atoms with Crippen LogP contribution in [0, 0.1) is 17.6 Å². The van der Waals surface area contributed by atoms with E-state index in [1.807, 2.05) is 0 Å². The molecule has 1 aliphatic heterocycles. The van der Waals surface area contributed by atoms with E-state index in [1.54, 1.807) is 6.07 Å². The third-order valence-corrected chi connectivity index (χ3v) is 3.74. The molecule has 5 heteroatoms. The van der Waals surface area contributed by atoms with Crippen molar-refractivity contribution in [3.8, 4) is 0 Å². The van der Waals surface area contributed by atoms with Gasteiger partial charge in [0, 0.05) is 19.1 Å². The summed E-state index contributed by atoms with van der Waals surface area (Å²) >= 11 is 0. The number of hydrogen-bond donors (Lipinski definition) is 1. The van der Waals surface area contributed by atoms with Gasteiger partial charge in [-0.15, -0.1) is 12.4 Å². The van der Waals surface area contributed by atoms with Gasteiger partial charge in [-0.2, -0.15) is 0 Å². The van der Waals surface area contributed by atoms with Gasteiger partial charge in [0.1, 0.15) is 0 Å². The Morgan fingerprint density at radius 3 is 2.68 bits per heavy atom. The van der Waals surface area contributed by atoms with E-state index >= 15 is 0 Å². The highest BCUT2D eigenvalue weighted by atomic mass is 35.5. The van der Waals surface area contributed by atoms with Gasteiger partial charge in [-0.3, -0.25) is 4.90 Å². The van der Waals surface area contributed by atoms with Crippen LogP contribution in [0.2, 0.25) is 0 Å². The van der Waals surface area contributed by atoms with E-state index in [4.69, 9.17) is 5.73 Å². The van der Waals surface area contributed by atoms with Crippen LogP contribution in [0.3, 0.4) is 0 Å². The summed E-state index contributed by atoms with van der Waals surface area (Å²) < 4.78 is 26.0. The van der Waals surface area contributed by atoms with Crippen molar-refractivity contribution in [3.05, 3.63) is 35.4 Å². The molecule has 2 rings (SSSR count). The maximum absolute atomic E-state index is 13.2. The van der Waals surface area contributed by atoms with Crippen molar-refractivity contribution in [2.75, 3.05) is 13.1 Å². The lowest BCUT2D eigenvalue weighted by Gasteiger charge is -2.38. The molecular weight excluding hydrogens is 270 g/mol. The Hall–Kier alpha value is -0.710. The van der Waals surface area contributed by atoms with Gasteiger partial charge >= 0.3 is 0 Å². The minimum absolute atomic E-state index is 0. The van der Waals surface area contributed by atoms with Gasteiger partial charge < -0.3 is 5.73 Å². The Kier molecular flexibility index (Phi) is 6.17. The first-order valence-electron chi connectivity index (χ1n) is 6.48. The molecule has 2 unspecified atom stereocenters. The van der Waals surface area contributed by atoms with E-state index < -0.39 is 11.6 Å². The van der Waals surface area contributed by atoms with E-state index in [0.29, 0.717) is 25.0 Å². The zero-order valence-corrected chi connectivity index (χ0v) is 11.9. The van der Waals surface area contributed by atoms with Gasteiger partial charge in [0.2, 0.25) is 0 Å². The molecular formula is C14H21ClF2N2. The number of likely N-dealkylation sites (tertiary alicyclic amines) is 1. The van der Waals surface area contributed by atoms with Crippen molar-refractivity contribution in [1.29, 1.82) is 0 Å². The van der Waals surface area contributed by atoms with E-state index in [9.17, 15) is 8.78 Å². The number of rotatable bonds is 3. The van der Waals surface area contributed by atoms with Crippen LogP contribution < -0.4 is 5.73 Å². The van der Waals surface area contributed by atoms with Gasteiger partial charge in [0.25, 0.3) is 0 Å². The first kappa shape index (κ1) is 16.3. The molecule has 108 valence electrons. The zero-order chi connectivity index (χ0) is 13.1. The molecule has 0 saturated carbocycles. The number of piperidine rings is 1. The summed E-state index contributed by atoms with van der Waals surface area (Å²) in [6.07, 6.45) is 2.22. The van der Waals surface area contributed by atoms with Crippen LogP contribution in [0.4, 0.5) is 8.78 Å². The van der Waals surface area contributed by atoms with Gasteiger partial charge in [0.15, 0.2) is 11.6 Å². The normalized spacial score (nSPS) is 24.0. The summed E-state index contributed by atoms with van der Waals surface area (Å²) in [5, 5.41) is 0. The topological polar surface area (TPSA) is 29.3 Å². The summed E-state index contributed by atoms with van der Waals surface area (Å²) in [7, 11) is 0.